The molecular weight excluding hydrogens is 246 g/mol. The molecule has 2 rings (SSSR count). The highest BCUT2D eigenvalue weighted by Crippen LogP contribution is 2.18. The Kier molecular flexibility index (Phi) is 4.51. The average Bonchev–Trinajstić information content (AvgIpc) is 2.39. The third kappa shape index (κ3) is 4.06. The van der Waals surface area contributed by atoms with Gasteiger partial charge < -0.3 is 16.0 Å². The summed E-state index contributed by atoms with van der Waals surface area (Å²) in [6.07, 6.45) is 3.82. The Morgan fingerprint density at radius 1 is 1.37 bits per heavy atom. The number of anilines is 2. The summed E-state index contributed by atoms with van der Waals surface area (Å²) in [6.45, 7) is 3.90. The molecule has 104 valence electrons. The first kappa shape index (κ1) is 13.5. The van der Waals surface area contributed by atoms with Crippen molar-refractivity contribution in [3.05, 3.63) is 22.2 Å². The fraction of sp³-hybridized carbons (Fsp3) is 0.583. The molecule has 19 heavy (non-hydrogen) atoms. The Morgan fingerprint density at radius 3 is 2.79 bits per heavy atom. The molecule has 1 fully saturated rings. The summed E-state index contributed by atoms with van der Waals surface area (Å²) in [5.41, 5.74) is 5.51. The molecule has 1 saturated heterocycles. The van der Waals surface area contributed by atoms with Crippen molar-refractivity contribution >= 4 is 17.3 Å². The number of hydrogen-bond acceptors (Lipinski definition) is 6. The highest BCUT2D eigenvalue weighted by atomic mass is 16.6. The number of hydrogen-bond donors (Lipinski definition) is 2. The molecule has 1 aromatic heterocycles. The lowest BCUT2D eigenvalue weighted by Gasteiger charge is -2.26. The molecule has 0 radical (unpaired) electrons. The van der Waals surface area contributed by atoms with Gasteiger partial charge in [0, 0.05) is 13.1 Å². The van der Waals surface area contributed by atoms with E-state index in [4.69, 9.17) is 5.73 Å². The SMILES string of the molecule is Nc1cc([N+](=O)[O-])cc(NCCN2CCCCC2)n1. The lowest BCUT2D eigenvalue weighted by Crippen LogP contribution is -2.33. The summed E-state index contributed by atoms with van der Waals surface area (Å²) < 4.78 is 0. The van der Waals surface area contributed by atoms with Gasteiger partial charge in [0.15, 0.2) is 0 Å². The molecule has 0 aromatic carbocycles. The van der Waals surface area contributed by atoms with Crippen LogP contribution in [0.4, 0.5) is 17.3 Å². The third-order valence-corrected chi connectivity index (χ3v) is 3.22. The highest BCUT2D eigenvalue weighted by Gasteiger charge is 2.11. The molecule has 3 N–H and O–H groups in total. The van der Waals surface area contributed by atoms with Gasteiger partial charge in [-0.2, -0.15) is 0 Å². The van der Waals surface area contributed by atoms with Crippen molar-refractivity contribution in [1.82, 2.24) is 9.88 Å². The van der Waals surface area contributed by atoms with Crippen molar-refractivity contribution in [2.45, 2.75) is 19.3 Å². The van der Waals surface area contributed by atoms with Crippen molar-refractivity contribution in [1.29, 1.82) is 0 Å². The molecule has 2 heterocycles. The van der Waals surface area contributed by atoms with Gasteiger partial charge in [-0.1, -0.05) is 6.42 Å². The average molecular weight is 265 g/mol. The molecule has 1 aliphatic heterocycles. The predicted octanol–water partition coefficient (Wildman–Crippen LogP) is 1.47. The summed E-state index contributed by atoms with van der Waals surface area (Å²) in [7, 11) is 0. The fourth-order valence-electron chi connectivity index (χ4n) is 2.26. The predicted molar refractivity (Wildman–Crippen MR) is 74.1 cm³/mol. The van der Waals surface area contributed by atoms with Crippen molar-refractivity contribution in [3.63, 3.8) is 0 Å². The van der Waals surface area contributed by atoms with E-state index in [-0.39, 0.29) is 11.5 Å². The largest absolute Gasteiger partial charge is 0.383 e. The van der Waals surface area contributed by atoms with Gasteiger partial charge in [0.05, 0.1) is 17.1 Å². The standard InChI is InChI=1S/C12H19N5O2/c13-11-8-10(17(18)19)9-12(15-11)14-4-7-16-5-2-1-3-6-16/h8-9H,1-7H2,(H3,13,14,15). The summed E-state index contributed by atoms with van der Waals surface area (Å²) in [5.74, 6) is 0.624. The van der Waals surface area contributed by atoms with Crippen LogP contribution in [0.3, 0.4) is 0 Å². The summed E-state index contributed by atoms with van der Waals surface area (Å²) >= 11 is 0. The number of rotatable bonds is 5. The minimum Gasteiger partial charge on any atom is -0.383 e. The molecule has 0 aliphatic carbocycles. The monoisotopic (exact) mass is 265 g/mol. The molecule has 0 bridgehead atoms. The van der Waals surface area contributed by atoms with Crippen LogP contribution in [0.1, 0.15) is 19.3 Å². The Hall–Kier alpha value is -1.89. The number of nitrogen functional groups attached to an aromatic ring is 1. The van der Waals surface area contributed by atoms with E-state index < -0.39 is 4.92 Å². The molecular formula is C12H19N5O2. The zero-order valence-corrected chi connectivity index (χ0v) is 10.8. The Balaban J connectivity index is 1.86. The van der Waals surface area contributed by atoms with Crippen molar-refractivity contribution in [2.24, 2.45) is 0 Å². The Labute approximate surface area is 112 Å². The second-order valence-electron chi connectivity index (χ2n) is 4.72. The number of piperidine rings is 1. The van der Waals surface area contributed by atoms with Crippen LogP contribution in [0.2, 0.25) is 0 Å². The molecule has 1 aromatic rings. The van der Waals surface area contributed by atoms with Gasteiger partial charge >= 0.3 is 0 Å². The maximum absolute atomic E-state index is 10.7. The second kappa shape index (κ2) is 6.33. The topological polar surface area (TPSA) is 97.3 Å². The summed E-state index contributed by atoms with van der Waals surface area (Å²) in [6, 6.07) is 2.67. The van der Waals surface area contributed by atoms with E-state index in [1.165, 1.54) is 31.4 Å². The number of nitrogens with two attached hydrogens (primary N) is 1. The van der Waals surface area contributed by atoms with Gasteiger partial charge in [-0.05, 0) is 25.9 Å². The van der Waals surface area contributed by atoms with Crippen LogP contribution in [0, 0.1) is 10.1 Å². The zero-order valence-electron chi connectivity index (χ0n) is 10.8. The minimum atomic E-state index is -0.464. The van der Waals surface area contributed by atoms with Crippen LogP contribution >= 0.6 is 0 Å². The van der Waals surface area contributed by atoms with Crippen LogP contribution < -0.4 is 11.1 Å². The van der Waals surface area contributed by atoms with Crippen molar-refractivity contribution in [3.8, 4) is 0 Å². The Morgan fingerprint density at radius 2 is 2.11 bits per heavy atom. The number of nitrogens with zero attached hydrogens (tertiary/aromatic N) is 3. The van der Waals surface area contributed by atoms with Crippen LogP contribution in [0.5, 0.6) is 0 Å². The maximum atomic E-state index is 10.7. The van der Waals surface area contributed by atoms with E-state index in [1.54, 1.807) is 0 Å². The van der Waals surface area contributed by atoms with Crippen LogP contribution in [0.15, 0.2) is 12.1 Å². The number of aromatic nitrogens is 1. The van der Waals surface area contributed by atoms with Gasteiger partial charge in [0.1, 0.15) is 11.6 Å². The third-order valence-electron chi connectivity index (χ3n) is 3.22. The summed E-state index contributed by atoms with van der Waals surface area (Å²) in [5, 5.41) is 13.8. The molecule has 0 amide bonds. The van der Waals surface area contributed by atoms with Gasteiger partial charge in [-0.25, -0.2) is 4.98 Å². The van der Waals surface area contributed by atoms with E-state index >= 15 is 0 Å². The number of pyridine rings is 1. The van der Waals surface area contributed by atoms with E-state index in [0.29, 0.717) is 12.4 Å². The van der Waals surface area contributed by atoms with Crippen LogP contribution in [0.25, 0.3) is 0 Å². The zero-order chi connectivity index (χ0) is 13.7. The number of nitro groups is 1. The van der Waals surface area contributed by atoms with Crippen LogP contribution in [-0.4, -0.2) is 41.0 Å². The lowest BCUT2D eigenvalue weighted by atomic mass is 10.1. The molecule has 0 spiro atoms. The van der Waals surface area contributed by atoms with Gasteiger partial charge in [0.25, 0.3) is 5.69 Å². The normalized spacial score (nSPS) is 16.2. The van der Waals surface area contributed by atoms with Gasteiger partial charge in [-0.3, -0.25) is 10.1 Å². The molecule has 1 aliphatic rings. The van der Waals surface area contributed by atoms with Crippen LogP contribution in [-0.2, 0) is 0 Å². The van der Waals surface area contributed by atoms with Gasteiger partial charge in [-0.15, -0.1) is 0 Å². The highest BCUT2D eigenvalue weighted by molar-refractivity contribution is 5.52. The van der Waals surface area contributed by atoms with E-state index in [9.17, 15) is 10.1 Å². The first-order valence-electron chi connectivity index (χ1n) is 6.53. The number of nitrogens with one attached hydrogen (secondary N) is 1. The maximum Gasteiger partial charge on any atom is 0.276 e. The molecule has 0 atom stereocenters. The van der Waals surface area contributed by atoms with E-state index in [1.807, 2.05) is 0 Å². The molecule has 0 unspecified atom stereocenters. The smallest absolute Gasteiger partial charge is 0.276 e. The van der Waals surface area contributed by atoms with E-state index in [0.717, 1.165) is 19.6 Å². The lowest BCUT2D eigenvalue weighted by molar-refractivity contribution is -0.384. The first-order valence-corrected chi connectivity index (χ1v) is 6.53. The molecule has 7 heteroatoms. The van der Waals surface area contributed by atoms with Crippen molar-refractivity contribution < 1.29 is 4.92 Å². The van der Waals surface area contributed by atoms with E-state index in [2.05, 4.69) is 15.2 Å². The second-order valence-corrected chi connectivity index (χ2v) is 4.72. The Bertz CT molecular complexity index is 446. The first-order chi connectivity index (χ1) is 9.15. The van der Waals surface area contributed by atoms with Crippen molar-refractivity contribution in [2.75, 3.05) is 37.2 Å². The summed E-state index contributed by atoms with van der Waals surface area (Å²) in [4.78, 5) is 16.7. The quantitative estimate of drug-likeness (QED) is 0.618. The minimum absolute atomic E-state index is 0.0343. The molecule has 0 saturated carbocycles. The molecule has 7 nitrogen and oxygen atoms in total. The fourth-order valence-corrected chi connectivity index (χ4v) is 2.26. The van der Waals surface area contributed by atoms with Gasteiger partial charge in [0.2, 0.25) is 0 Å². The number of likely N-dealkylation sites (tertiary alicyclic amines) is 1.